The summed E-state index contributed by atoms with van der Waals surface area (Å²) in [5.74, 6) is 1.30. The SMILES string of the molecule is CC(C)(C)OC(=O)N1CCCC(Oc2ccc(N=C(N)CCl)cc2)C1. The Labute approximate surface area is 153 Å². The van der Waals surface area contributed by atoms with Crippen molar-refractivity contribution in [2.75, 3.05) is 19.0 Å². The number of likely N-dealkylation sites (tertiary alicyclic amines) is 1. The number of halogens is 1. The van der Waals surface area contributed by atoms with Crippen LogP contribution in [0.4, 0.5) is 10.5 Å². The Bertz CT molecular complexity index is 611. The van der Waals surface area contributed by atoms with Gasteiger partial charge in [0.15, 0.2) is 0 Å². The molecule has 138 valence electrons. The number of hydrogen-bond acceptors (Lipinski definition) is 4. The van der Waals surface area contributed by atoms with E-state index in [0.29, 0.717) is 18.9 Å². The lowest BCUT2D eigenvalue weighted by Gasteiger charge is -2.34. The number of hydrogen-bond donors (Lipinski definition) is 1. The van der Waals surface area contributed by atoms with Gasteiger partial charge in [-0.1, -0.05) is 0 Å². The number of rotatable bonds is 4. The summed E-state index contributed by atoms with van der Waals surface area (Å²) in [7, 11) is 0. The summed E-state index contributed by atoms with van der Waals surface area (Å²) in [6.45, 7) is 6.81. The third-order valence-electron chi connectivity index (χ3n) is 3.58. The van der Waals surface area contributed by atoms with Gasteiger partial charge in [0.25, 0.3) is 0 Å². The second-order valence-corrected chi connectivity index (χ2v) is 7.31. The predicted molar refractivity (Wildman–Crippen MR) is 99.9 cm³/mol. The lowest BCUT2D eigenvalue weighted by molar-refractivity contribution is 0.00776. The zero-order valence-corrected chi connectivity index (χ0v) is 15.8. The zero-order chi connectivity index (χ0) is 18.4. The molecule has 1 unspecified atom stereocenters. The van der Waals surface area contributed by atoms with Crippen molar-refractivity contribution in [3.63, 3.8) is 0 Å². The Morgan fingerprint density at radius 2 is 2.04 bits per heavy atom. The number of ether oxygens (including phenoxy) is 2. The van der Waals surface area contributed by atoms with E-state index >= 15 is 0 Å². The summed E-state index contributed by atoms with van der Waals surface area (Å²) in [5.41, 5.74) is 5.85. The number of aliphatic imine (C=N–C) groups is 1. The van der Waals surface area contributed by atoms with Crippen LogP contribution in [0.1, 0.15) is 33.6 Å². The van der Waals surface area contributed by atoms with Gasteiger partial charge in [0.05, 0.1) is 18.1 Å². The molecule has 1 atom stereocenters. The first-order valence-corrected chi connectivity index (χ1v) is 8.94. The molecule has 1 aliphatic rings. The molecule has 2 rings (SSSR count). The average molecular weight is 368 g/mol. The van der Waals surface area contributed by atoms with Crippen LogP contribution in [0.3, 0.4) is 0 Å². The molecule has 1 saturated heterocycles. The van der Waals surface area contributed by atoms with E-state index in [1.165, 1.54) is 0 Å². The normalized spacial score (nSPS) is 18.8. The highest BCUT2D eigenvalue weighted by molar-refractivity contribution is 6.28. The third kappa shape index (κ3) is 6.46. The van der Waals surface area contributed by atoms with Gasteiger partial charge in [-0.15, -0.1) is 11.6 Å². The number of nitrogens with zero attached hydrogens (tertiary/aromatic N) is 2. The monoisotopic (exact) mass is 367 g/mol. The molecule has 1 aromatic rings. The minimum Gasteiger partial charge on any atom is -0.489 e. The number of benzene rings is 1. The second-order valence-electron chi connectivity index (χ2n) is 7.04. The largest absolute Gasteiger partial charge is 0.489 e. The van der Waals surface area contributed by atoms with E-state index in [2.05, 4.69) is 4.99 Å². The molecular weight excluding hydrogens is 342 g/mol. The Morgan fingerprint density at radius 3 is 2.64 bits per heavy atom. The fourth-order valence-electron chi connectivity index (χ4n) is 2.51. The van der Waals surface area contributed by atoms with Gasteiger partial charge in [-0.2, -0.15) is 0 Å². The minimum absolute atomic E-state index is 0.0523. The molecule has 1 heterocycles. The number of carbonyl (C=O) groups excluding carboxylic acids is 1. The first-order chi connectivity index (χ1) is 11.8. The first-order valence-electron chi connectivity index (χ1n) is 8.40. The lowest BCUT2D eigenvalue weighted by Crippen LogP contribution is -2.46. The lowest BCUT2D eigenvalue weighted by atomic mass is 10.1. The van der Waals surface area contributed by atoms with Crippen LogP contribution in [0, 0.1) is 0 Å². The van der Waals surface area contributed by atoms with Gasteiger partial charge >= 0.3 is 6.09 Å². The van der Waals surface area contributed by atoms with E-state index in [0.717, 1.165) is 24.3 Å². The third-order valence-corrected chi connectivity index (χ3v) is 3.85. The molecule has 1 amide bonds. The molecule has 1 aliphatic heterocycles. The Morgan fingerprint density at radius 1 is 1.36 bits per heavy atom. The van der Waals surface area contributed by atoms with Gasteiger partial charge in [0.2, 0.25) is 0 Å². The highest BCUT2D eigenvalue weighted by atomic mass is 35.5. The Kier molecular flexibility index (Phi) is 6.53. The Hall–Kier alpha value is -1.95. The standard InChI is InChI=1S/C18H26ClN3O3/c1-18(2,3)25-17(23)22-10-4-5-15(12-22)24-14-8-6-13(7-9-14)21-16(20)11-19/h6-9,15H,4-5,10-12H2,1-3H3,(H2,20,21). The zero-order valence-electron chi connectivity index (χ0n) is 15.0. The summed E-state index contributed by atoms with van der Waals surface area (Å²) in [6.07, 6.45) is 1.45. The molecule has 1 fully saturated rings. The van der Waals surface area contributed by atoms with Gasteiger partial charge in [-0.05, 0) is 57.9 Å². The summed E-state index contributed by atoms with van der Waals surface area (Å²) in [5, 5.41) is 0. The molecule has 6 nitrogen and oxygen atoms in total. The molecule has 25 heavy (non-hydrogen) atoms. The fourth-order valence-corrected chi connectivity index (χ4v) is 2.57. The number of alkyl halides is 1. The molecule has 0 saturated carbocycles. The smallest absolute Gasteiger partial charge is 0.410 e. The van der Waals surface area contributed by atoms with Crippen LogP contribution in [0.25, 0.3) is 0 Å². The van der Waals surface area contributed by atoms with Gasteiger partial charge in [0.1, 0.15) is 23.3 Å². The molecule has 0 spiro atoms. The molecule has 0 radical (unpaired) electrons. The van der Waals surface area contributed by atoms with E-state index in [4.69, 9.17) is 26.8 Å². The maximum Gasteiger partial charge on any atom is 0.410 e. The molecular formula is C18H26ClN3O3. The van der Waals surface area contributed by atoms with Gasteiger partial charge < -0.3 is 20.1 Å². The number of nitrogens with two attached hydrogens (primary N) is 1. The van der Waals surface area contributed by atoms with Gasteiger partial charge in [0, 0.05) is 6.54 Å². The van der Waals surface area contributed by atoms with Crippen LogP contribution in [0.15, 0.2) is 29.3 Å². The van der Waals surface area contributed by atoms with Crippen molar-refractivity contribution >= 4 is 29.2 Å². The topological polar surface area (TPSA) is 77.1 Å². The molecule has 0 aromatic heterocycles. The van der Waals surface area contributed by atoms with Crippen molar-refractivity contribution in [1.29, 1.82) is 0 Å². The van der Waals surface area contributed by atoms with Crippen molar-refractivity contribution in [2.24, 2.45) is 10.7 Å². The second kappa shape index (κ2) is 8.43. The van der Waals surface area contributed by atoms with Crippen molar-refractivity contribution in [1.82, 2.24) is 4.90 Å². The maximum absolute atomic E-state index is 12.2. The maximum atomic E-state index is 12.2. The summed E-state index contributed by atoms with van der Waals surface area (Å²) >= 11 is 5.62. The molecule has 1 aromatic carbocycles. The summed E-state index contributed by atoms with van der Waals surface area (Å²) in [4.78, 5) is 18.1. The van der Waals surface area contributed by atoms with Crippen molar-refractivity contribution in [2.45, 2.75) is 45.3 Å². The highest BCUT2D eigenvalue weighted by Crippen LogP contribution is 2.23. The van der Waals surface area contributed by atoms with Gasteiger partial charge in [-0.3, -0.25) is 0 Å². The van der Waals surface area contributed by atoms with Crippen molar-refractivity contribution < 1.29 is 14.3 Å². The Balaban J connectivity index is 1.93. The predicted octanol–water partition coefficient (Wildman–Crippen LogP) is 3.69. The van der Waals surface area contributed by atoms with Crippen LogP contribution >= 0.6 is 11.6 Å². The van der Waals surface area contributed by atoms with Crippen LogP contribution in [0.5, 0.6) is 5.75 Å². The molecule has 0 aliphatic carbocycles. The number of piperidine rings is 1. The number of amidine groups is 1. The minimum atomic E-state index is -0.494. The summed E-state index contributed by atoms with van der Waals surface area (Å²) < 4.78 is 11.4. The fraction of sp³-hybridized carbons (Fsp3) is 0.556. The number of amides is 1. The summed E-state index contributed by atoms with van der Waals surface area (Å²) in [6, 6.07) is 7.33. The first kappa shape index (κ1) is 19.4. The molecule has 0 bridgehead atoms. The van der Waals surface area contributed by atoms with Crippen LogP contribution in [-0.4, -0.2) is 47.5 Å². The van der Waals surface area contributed by atoms with E-state index in [1.807, 2.05) is 45.0 Å². The van der Waals surface area contributed by atoms with E-state index in [9.17, 15) is 4.79 Å². The highest BCUT2D eigenvalue weighted by Gasteiger charge is 2.28. The van der Waals surface area contributed by atoms with E-state index in [-0.39, 0.29) is 18.1 Å². The van der Waals surface area contributed by atoms with Crippen LogP contribution in [-0.2, 0) is 4.74 Å². The van der Waals surface area contributed by atoms with Crippen LogP contribution in [0.2, 0.25) is 0 Å². The van der Waals surface area contributed by atoms with Gasteiger partial charge in [-0.25, -0.2) is 9.79 Å². The van der Waals surface area contributed by atoms with Crippen molar-refractivity contribution in [3.8, 4) is 5.75 Å². The van der Waals surface area contributed by atoms with Crippen molar-refractivity contribution in [3.05, 3.63) is 24.3 Å². The van der Waals surface area contributed by atoms with Crippen LogP contribution < -0.4 is 10.5 Å². The molecule has 7 heteroatoms. The average Bonchev–Trinajstić information content (AvgIpc) is 2.55. The quantitative estimate of drug-likeness (QED) is 0.500. The number of carbonyl (C=O) groups is 1. The van der Waals surface area contributed by atoms with E-state index in [1.54, 1.807) is 4.90 Å². The van der Waals surface area contributed by atoms with E-state index < -0.39 is 5.60 Å². The molecule has 2 N–H and O–H groups in total.